The van der Waals surface area contributed by atoms with E-state index in [9.17, 15) is 4.79 Å². The van der Waals surface area contributed by atoms with Crippen LogP contribution in [0.3, 0.4) is 0 Å². The summed E-state index contributed by atoms with van der Waals surface area (Å²) in [5.74, 6) is 0.184. The molecule has 0 aliphatic carbocycles. The molecule has 2 heterocycles. The zero-order chi connectivity index (χ0) is 16.4. The highest BCUT2D eigenvalue weighted by atomic mass is 16.2. The summed E-state index contributed by atoms with van der Waals surface area (Å²) in [5.41, 5.74) is 4.33. The van der Waals surface area contributed by atoms with Gasteiger partial charge in [0.1, 0.15) is 0 Å². The van der Waals surface area contributed by atoms with Crippen molar-refractivity contribution in [2.75, 3.05) is 13.6 Å². The Morgan fingerprint density at radius 2 is 2.22 bits per heavy atom. The van der Waals surface area contributed by atoms with Crippen molar-refractivity contribution < 1.29 is 4.79 Å². The third-order valence-corrected chi connectivity index (χ3v) is 4.24. The lowest BCUT2D eigenvalue weighted by Crippen LogP contribution is -2.29. The third kappa shape index (κ3) is 2.84. The maximum absolute atomic E-state index is 12.6. The van der Waals surface area contributed by atoms with Crippen molar-refractivity contribution in [3.05, 3.63) is 72.4 Å². The Hall–Kier alpha value is -2.62. The first-order valence-electron chi connectivity index (χ1n) is 7.77. The molecule has 0 spiro atoms. The van der Waals surface area contributed by atoms with Gasteiger partial charge in [-0.2, -0.15) is 0 Å². The number of carbonyl (C=O) groups excluding carboxylic acids is 1. The van der Waals surface area contributed by atoms with Gasteiger partial charge in [0.15, 0.2) is 0 Å². The van der Waals surface area contributed by atoms with Crippen molar-refractivity contribution in [2.24, 2.45) is 0 Å². The van der Waals surface area contributed by atoms with Crippen molar-refractivity contribution in [3.63, 3.8) is 0 Å². The van der Waals surface area contributed by atoms with Gasteiger partial charge in [0.2, 0.25) is 5.91 Å². The first-order valence-corrected chi connectivity index (χ1v) is 7.77. The highest BCUT2D eigenvalue weighted by Crippen LogP contribution is 2.39. The van der Waals surface area contributed by atoms with Gasteiger partial charge < -0.3 is 9.47 Å². The van der Waals surface area contributed by atoms with Crippen molar-refractivity contribution in [1.82, 2.24) is 14.5 Å². The highest BCUT2D eigenvalue weighted by Gasteiger charge is 2.31. The summed E-state index contributed by atoms with van der Waals surface area (Å²) in [7, 11) is 1.83. The van der Waals surface area contributed by atoms with Crippen LogP contribution in [0.4, 0.5) is 0 Å². The first kappa shape index (κ1) is 15.3. The number of para-hydroxylation sites is 1. The average molecular weight is 307 g/mol. The summed E-state index contributed by atoms with van der Waals surface area (Å²) in [5, 5.41) is 0. The van der Waals surface area contributed by atoms with Gasteiger partial charge in [0.05, 0.1) is 17.7 Å². The maximum Gasteiger partial charge on any atom is 0.223 e. The summed E-state index contributed by atoms with van der Waals surface area (Å²) in [4.78, 5) is 18.6. The molecule has 1 aromatic heterocycles. The fourth-order valence-corrected chi connectivity index (χ4v) is 3.15. The topological polar surface area (TPSA) is 38.1 Å². The minimum atomic E-state index is 0.0682. The molecule has 0 radical (unpaired) electrons. The molecule has 4 nitrogen and oxygen atoms in total. The van der Waals surface area contributed by atoms with E-state index in [-0.39, 0.29) is 11.8 Å². The first-order chi connectivity index (χ1) is 11.1. The average Bonchev–Trinajstić information content (AvgIpc) is 3.10. The molecule has 2 aromatic rings. The van der Waals surface area contributed by atoms with Crippen molar-refractivity contribution >= 4 is 5.91 Å². The number of benzene rings is 1. The number of carbonyl (C=O) groups is 1. The largest absolute Gasteiger partial charge is 0.341 e. The van der Waals surface area contributed by atoms with E-state index in [1.54, 1.807) is 4.90 Å². The molecule has 118 valence electrons. The molecule has 0 N–H and O–H groups in total. The van der Waals surface area contributed by atoms with E-state index >= 15 is 0 Å². The molecule has 4 heteroatoms. The predicted octanol–water partition coefficient (Wildman–Crippen LogP) is 3.30. The van der Waals surface area contributed by atoms with Crippen LogP contribution in [0.5, 0.6) is 0 Å². The monoisotopic (exact) mass is 307 g/mol. The van der Waals surface area contributed by atoms with Gasteiger partial charge in [-0.15, -0.1) is 0 Å². The third-order valence-electron chi connectivity index (χ3n) is 4.24. The number of amides is 1. The van der Waals surface area contributed by atoms with Crippen LogP contribution >= 0.6 is 0 Å². The van der Waals surface area contributed by atoms with Gasteiger partial charge in [-0.05, 0) is 24.1 Å². The van der Waals surface area contributed by atoms with Gasteiger partial charge in [-0.25, -0.2) is 4.98 Å². The SMILES string of the molecule is C=C(/C=C\C)CN(C)C(=O)CC1c2ccccc2-n2cncc21. The summed E-state index contributed by atoms with van der Waals surface area (Å²) in [6.45, 7) is 6.47. The molecule has 0 saturated carbocycles. The van der Waals surface area contributed by atoms with E-state index in [0.717, 1.165) is 17.0 Å². The van der Waals surface area contributed by atoms with Crippen LogP contribution in [0.2, 0.25) is 0 Å². The van der Waals surface area contributed by atoms with E-state index in [4.69, 9.17) is 0 Å². The Morgan fingerprint density at radius 3 is 3.00 bits per heavy atom. The lowest BCUT2D eigenvalue weighted by atomic mass is 9.94. The van der Waals surface area contributed by atoms with E-state index in [1.165, 1.54) is 5.56 Å². The number of imidazole rings is 1. The summed E-state index contributed by atoms with van der Waals surface area (Å²) in [6, 6.07) is 8.20. The fraction of sp³-hybridized carbons (Fsp3) is 0.263. The molecule has 1 aliphatic rings. The molecule has 1 aromatic carbocycles. The van der Waals surface area contributed by atoms with Crippen molar-refractivity contribution in [2.45, 2.75) is 19.3 Å². The standard InChI is InChI=1S/C19H21N3O/c1-4-7-14(2)12-21(3)19(23)10-16-15-8-5-6-9-17(15)22-13-20-11-18(16)22/h4-9,11,13,16H,2,10,12H2,1,3H3/b7-4-. The van der Waals surface area contributed by atoms with Crippen molar-refractivity contribution in [1.29, 1.82) is 0 Å². The van der Waals surface area contributed by atoms with Gasteiger partial charge in [-0.1, -0.05) is 36.9 Å². The molecule has 1 aliphatic heterocycles. The Bertz CT molecular complexity index is 772. The Morgan fingerprint density at radius 1 is 1.43 bits per heavy atom. The summed E-state index contributed by atoms with van der Waals surface area (Å²) >= 11 is 0. The molecule has 0 saturated heterocycles. The van der Waals surface area contributed by atoms with E-state index in [1.807, 2.05) is 50.8 Å². The maximum atomic E-state index is 12.6. The number of likely N-dealkylation sites (N-methyl/N-ethyl adjacent to an activating group) is 1. The second-order valence-electron chi connectivity index (χ2n) is 5.91. The number of hydrogen-bond donors (Lipinski definition) is 0. The second kappa shape index (κ2) is 6.24. The normalized spacial score (nSPS) is 15.5. The zero-order valence-electron chi connectivity index (χ0n) is 13.6. The van der Waals surface area contributed by atoms with Gasteiger partial charge >= 0.3 is 0 Å². The second-order valence-corrected chi connectivity index (χ2v) is 5.91. The molecular formula is C19H21N3O. The molecule has 1 unspecified atom stereocenters. The van der Waals surface area contributed by atoms with Crippen LogP contribution in [-0.4, -0.2) is 34.0 Å². The van der Waals surface area contributed by atoms with E-state index < -0.39 is 0 Å². The quantitative estimate of drug-likeness (QED) is 0.795. The molecule has 3 rings (SSSR count). The number of hydrogen-bond acceptors (Lipinski definition) is 2. The van der Waals surface area contributed by atoms with E-state index in [2.05, 4.69) is 28.3 Å². The number of nitrogens with zero attached hydrogens (tertiary/aromatic N) is 3. The number of fused-ring (bicyclic) bond motifs is 3. The highest BCUT2D eigenvalue weighted by molar-refractivity contribution is 5.78. The Kier molecular flexibility index (Phi) is 4.15. The smallest absolute Gasteiger partial charge is 0.223 e. The lowest BCUT2D eigenvalue weighted by molar-refractivity contribution is -0.129. The molecule has 1 amide bonds. The van der Waals surface area contributed by atoms with Crippen LogP contribution < -0.4 is 0 Å². The van der Waals surface area contributed by atoms with Crippen molar-refractivity contribution in [3.8, 4) is 5.69 Å². The molecule has 1 atom stereocenters. The molecule has 0 bridgehead atoms. The molecular weight excluding hydrogens is 286 g/mol. The van der Waals surface area contributed by atoms with E-state index in [0.29, 0.717) is 13.0 Å². The minimum Gasteiger partial charge on any atom is -0.341 e. The number of aromatic nitrogens is 2. The zero-order valence-corrected chi connectivity index (χ0v) is 13.6. The van der Waals surface area contributed by atoms with Gasteiger partial charge in [0.25, 0.3) is 0 Å². The Balaban J connectivity index is 1.78. The molecule has 0 fully saturated rings. The minimum absolute atomic E-state index is 0.0682. The van der Waals surface area contributed by atoms with Gasteiger partial charge in [0, 0.05) is 32.1 Å². The van der Waals surface area contributed by atoms with Crippen LogP contribution in [0.15, 0.2) is 61.1 Å². The Labute approximate surface area is 136 Å². The number of allylic oxidation sites excluding steroid dienone is 1. The van der Waals surface area contributed by atoms with Crippen LogP contribution in [0.1, 0.15) is 30.5 Å². The lowest BCUT2D eigenvalue weighted by Gasteiger charge is -2.20. The summed E-state index contributed by atoms with van der Waals surface area (Å²) in [6.07, 6.45) is 7.99. The predicted molar refractivity (Wildman–Crippen MR) is 91.6 cm³/mol. The number of rotatable bonds is 5. The van der Waals surface area contributed by atoms with Gasteiger partial charge in [-0.3, -0.25) is 4.79 Å². The summed E-state index contributed by atoms with van der Waals surface area (Å²) < 4.78 is 2.08. The fourth-order valence-electron chi connectivity index (χ4n) is 3.15. The van der Waals surface area contributed by atoms with Crippen LogP contribution in [0, 0.1) is 0 Å². The molecule has 23 heavy (non-hydrogen) atoms. The van der Waals surface area contributed by atoms with Crippen LogP contribution in [0.25, 0.3) is 5.69 Å². The van der Waals surface area contributed by atoms with Crippen LogP contribution in [-0.2, 0) is 4.79 Å².